The Morgan fingerprint density at radius 3 is 2.41 bits per heavy atom. The second-order valence-corrected chi connectivity index (χ2v) is 10.0. The van der Waals surface area contributed by atoms with Gasteiger partial charge in [-0.2, -0.15) is 0 Å². The van der Waals surface area contributed by atoms with Crippen LogP contribution < -0.4 is 15.5 Å². The zero-order valence-electron chi connectivity index (χ0n) is 20.7. The molecule has 1 saturated carbocycles. The van der Waals surface area contributed by atoms with Gasteiger partial charge in [-0.05, 0) is 53.6 Å². The predicted molar refractivity (Wildman–Crippen MR) is 141 cm³/mol. The molecule has 0 aromatic heterocycles. The molecule has 3 aliphatic rings. The van der Waals surface area contributed by atoms with E-state index >= 15 is 0 Å². The molecular weight excluding hydrogens is 464 g/mol. The fourth-order valence-electron chi connectivity index (χ4n) is 5.41. The molecule has 1 aliphatic carbocycles. The third kappa shape index (κ3) is 4.69. The van der Waals surface area contributed by atoms with E-state index in [1.54, 1.807) is 11.0 Å². The Labute approximate surface area is 216 Å². The Morgan fingerprint density at radius 1 is 0.865 bits per heavy atom. The number of rotatable bonds is 8. The number of benzene rings is 3. The molecule has 0 radical (unpaired) electrons. The van der Waals surface area contributed by atoms with Crippen LogP contribution in [0.4, 0.5) is 5.69 Å². The first-order valence-electron chi connectivity index (χ1n) is 12.9. The van der Waals surface area contributed by atoms with Crippen LogP contribution in [-0.4, -0.2) is 41.8 Å². The summed E-state index contributed by atoms with van der Waals surface area (Å²) in [7, 11) is 0. The van der Waals surface area contributed by atoms with Crippen LogP contribution in [0.25, 0.3) is 0 Å². The van der Waals surface area contributed by atoms with Crippen molar-refractivity contribution in [2.45, 2.75) is 44.4 Å². The summed E-state index contributed by atoms with van der Waals surface area (Å²) in [5, 5.41) is 5.62. The minimum Gasteiger partial charge on any atom is -0.367 e. The van der Waals surface area contributed by atoms with Crippen molar-refractivity contribution in [1.29, 1.82) is 0 Å². The number of amides is 3. The smallest absolute Gasteiger partial charge is 0.255 e. The predicted octanol–water partition coefficient (Wildman–Crippen LogP) is 3.34. The normalized spacial score (nSPS) is 17.9. The third-order valence-electron chi connectivity index (χ3n) is 7.48. The zero-order valence-corrected chi connectivity index (χ0v) is 20.7. The van der Waals surface area contributed by atoms with E-state index in [0.717, 1.165) is 43.5 Å². The Kier molecular flexibility index (Phi) is 6.12. The highest BCUT2D eigenvalue weighted by Gasteiger charge is 2.47. The van der Waals surface area contributed by atoms with Crippen molar-refractivity contribution in [3.05, 3.63) is 101 Å². The van der Waals surface area contributed by atoms with Crippen LogP contribution in [0.15, 0.2) is 72.8 Å². The average Bonchev–Trinajstić information content (AvgIpc) is 3.62. The molecule has 7 nitrogen and oxygen atoms in total. The molecule has 37 heavy (non-hydrogen) atoms. The van der Waals surface area contributed by atoms with Gasteiger partial charge in [-0.1, -0.05) is 60.7 Å². The molecule has 1 unspecified atom stereocenters. The second-order valence-electron chi connectivity index (χ2n) is 10.0. The molecular formula is C30H30N4O3. The van der Waals surface area contributed by atoms with Gasteiger partial charge in [0.25, 0.3) is 5.91 Å². The summed E-state index contributed by atoms with van der Waals surface area (Å²) in [6.45, 7) is 2.15. The lowest BCUT2D eigenvalue weighted by atomic mass is 10.0. The summed E-state index contributed by atoms with van der Waals surface area (Å²) >= 11 is 0. The number of hydrogen-bond acceptors (Lipinski definition) is 4. The summed E-state index contributed by atoms with van der Waals surface area (Å²) in [5.41, 5.74) is 6.24. The van der Waals surface area contributed by atoms with Gasteiger partial charge in [0.2, 0.25) is 11.8 Å². The van der Waals surface area contributed by atoms with Crippen molar-refractivity contribution < 1.29 is 14.4 Å². The minimum absolute atomic E-state index is 0.0971. The zero-order chi connectivity index (χ0) is 25.4. The lowest BCUT2D eigenvalue weighted by molar-refractivity contribution is -0.129. The average molecular weight is 495 g/mol. The molecule has 7 heteroatoms. The topological polar surface area (TPSA) is 81.8 Å². The van der Waals surface area contributed by atoms with Crippen LogP contribution in [0, 0.1) is 0 Å². The number of carbonyl (C=O) groups is 3. The highest BCUT2D eigenvalue weighted by atomic mass is 16.2. The van der Waals surface area contributed by atoms with Crippen LogP contribution in [0.2, 0.25) is 0 Å². The number of carbonyl (C=O) groups excluding carboxylic acids is 3. The van der Waals surface area contributed by atoms with E-state index in [0.29, 0.717) is 12.1 Å². The summed E-state index contributed by atoms with van der Waals surface area (Å²) in [4.78, 5) is 42.4. The molecule has 2 aliphatic heterocycles. The van der Waals surface area contributed by atoms with Crippen LogP contribution in [-0.2, 0) is 29.1 Å². The van der Waals surface area contributed by atoms with E-state index in [-0.39, 0.29) is 30.3 Å². The van der Waals surface area contributed by atoms with Crippen molar-refractivity contribution in [2.24, 2.45) is 0 Å². The van der Waals surface area contributed by atoms with Gasteiger partial charge in [-0.25, -0.2) is 0 Å². The van der Waals surface area contributed by atoms with E-state index < -0.39 is 6.04 Å². The molecule has 1 atom stereocenters. The number of hydrogen-bond donors (Lipinski definition) is 2. The minimum atomic E-state index is -0.667. The Hall–Kier alpha value is -4.13. The fourth-order valence-corrected chi connectivity index (χ4v) is 5.41. The van der Waals surface area contributed by atoms with Gasteiger partial charge in [0, 0.05) is 36.9 Å². The molecule has 3 aromatic carbocycles. The maximum Gasteiger partial charge on any atom is 0.255 e. The molecule has 0 spiro atoms. The lowest BCUT2D eigenvalue weighted by Crippen LogP contribution is -2.43. The molecule has 3 aromatic rings. The highest BCUT2D eigenvalue weighted by molar-refractivity contribution is 6.05. The monoisotopic (exact) mass is 494 g/mol. The van der Waals surface area contributed by atoms with Crippen LogP contribution >= 0.6 is 0 Å². The number of nitrogens with zero attached hydrogens (tertiary/aromatic N) is 2. The van der Waals surface area contributed by atoms with Crippen LogP contribution in [0.1, 0.15) is 51.5 Å². The quantitative estimate of drug-likeness (QED) is 0.503. The Bertz CT molecular complexity index is 1350. The molecule has 6 rings (SSSR count). The van der Waals surface area contributed by atoms with E-state index in [1.165, 1.54) is 16.8 Å². The van der Waals surface area contributed by atoms with Crippen molar-refractivity contribution in [3.8, 4) is 0 Å². The Morgan fingerprint density at radius 2 is 1.59 bits per heavy atom. The summed E-state index contributed by atoms with van der Waals surface area (Å²) in [6, 6.07) is 23.5. The fraction of sp³-hybridized carbons (Fsp3) is 0.300. The summed E-state index contributed by atoms with van der Waals surface area (Å²) in [5.74, 6) is -0.671. The van der Waals surface area contributed by atoms with Gasteiger partial charge in [0.05, 0.1) is 6.54 Å². The third-order valence-corrected chi connectivity index (χ3v) is 7.48. The standard InChI is InChI=1S/C30H30N4O3/c35-27(18-32-29(36)28-24-6-2-3-7-25(24)30(37)34(28)23-13-14-23)31-17-20-9-11-21(12-10-20)19-33-16-15-22-5-1-4-8-26(22)33/h1-12,23,28H,13-19H2,(H,31,35)(H,32,36). The molecule has 0 saturated heterocycles. The van der Waals surface area contributed by atoms with E-state index in [2.05, 4.69) is 51.9 Å². The van der Waals surface area contributed by atoms with E-state index in [1.807, 2.05) is 30.3 Å². The van der Waals surface area contributed by atoms with Crippen LogP contribution in [0.5, 0.6) is 0 Å². The number of anilines is 1. The Balaban J connectivity index is 1.00. The van der Waals surface area contributed by atoms with E-state index in [4.69, 9.17) is 0 Å². The molecule has 2 N–H and O–H groups in total. The first-order chi connectivity index (χ1) is 18.1. The SMILES string of the molecule is O=C(CNC(=O)C1c2ccccc2C(=O)N1C1CC1)NCc1ccc(CN2CCc3ccccc32)cc1. The first-order valence-corrected chi connectivity index (χ1v) is 12.9. The maximum absolute atomic E-state index is 13.0. The number of para-hydroxylation sites is 1. The van der Waals surface area contributed by atoms with Crippen molar-refractivity contribution in [2.75, 3.05) is 18.0 Å². The number of fused-ring (bicyclic) bond motifs is 2. The second kappa shape index (κ2) is 9.73. The maximum atomic E-state index is 13.0. The van der Waals surface area contributed by atoms with Gasteiger partial charge >= 0.3 is 0 Å². The number of nitrogens with one attached hydrogen (secondary N) is 2. The molecule has 1 fully saturated rings. The highest BCUT2D eigenvalue weighted by Crippen LogP contribution is 2.41. The van der Waals surface area contributed by atoms with Gasteiger partial charge in [-0.3, -0.25) is 14.4 Å². The van der Waals surface area contributed by atoms with Gasteiger partial charge in [0.1, 0.15) is 6.04 Å². The summed E-state index contributed by atoms with van der Waals surface area (Å²) < 4.78 is 0. The van der Waals surface area contributed by atoms with Crippen molar-refractivity contribution >= 4 is 23.4 Å². The van der Waals surface area contributed by atoms with Gasteiger partial charge < -0.3 is 20.4 Å². The van der Waals surface area contributed by atoms with E-state index in [9.17, 15) is 14.4 Å². The lowest BCUT2D eigenvalue weighted by Gasteiger charge is -2.24. The van der Waals surface area contributed by atoms with Gasteiger partial charge in [-0.15, -0.1) is 0 Å². The van der Waals surface area contributed by atoms with Crippen molar-refractivity contribution in [1.82, 2.24) is 15.5 Å². The largest absolute Gasteiger partial charge is 0.367 e. The summed E-state index contributed by atoms with van der Waals surface area (Å²) in [6.07, 6.45) is 2.90. The van der Waals surface area contributed by atoms with Crippen molar-refractivity contribution in [3.63, 3.8) is 0 Å². The molecule has 0 bridgehead atoms. The molecule has 3 amide bonds. The first kappa shape index (κ1) is 23.3. The molecule has 188 valence electrons. The van der Waals surface area contributed by atoms with Gasteiger partial charge in [0.15, 0.2) is 0 Å². The molecule has 2 heterocycles. The van der Waals surface area contributed by atoms with Crippen LogP contribution in [0.3, 0.4) is 0 Å².